The molecule has 0 aliphatic rings. The van der Waals surface area contributed by atoms with Crippen LogP contribution in [0.3, 0.4) is 0 Å². The molecule has 1 heterocycles. The fourth-order valence-corrected chi connectivity index (χ4v) is 7.51. The lowest BCUT2D eigenvalue weighted by Crippen LogP contribution is -2.18. The van der Waals surface area contributed by atoms with Crippen molar-refractivity contribution in [1.29, 1.82) is 0 Å². The third kappa shape index (κ3) is 5.89. The summed E-state index contributed by atoms with van der Waals surface area (Å²) in [5.41, 5.74) is 3.31. The first-order valence-corrected chi connectivity index (χ1v) is 13.0. The quantitative estimate of drug-likeness (QED) is 0.182. The molecule has 8 heteroatoms. The monoisotopic (exact) mass is 504 g/mol. The Kier molecular flexibility index (Phi) is 8.79. The van der Waals surface area contributed by atoms with E-state index in [0.29, 0.717) is 27.8 Å². The summed E-state index contributed by atoms with van der Waals surface area (Å²) < 4.78 is 2.25. The Labute approximate surface area is 208 Å². The number of carboxylic acids is 1. The zero-order valence-electron chi connectivity index (χ0n) is 19.4. The van der Waals surface area contributed by atoms with Gasteiger partial charge in [0.15, 0.2) is 5.71 Å². The van der Waals surface area contributed by atoms with Gasteiger partial charge in [0, 0.05) is 39.1 Å². The van der Waals surface area contributed by atoms with Crippen LogP contribution in [-0.4, -0.2) is 39.0 Å². The molecule has 1 aromatic heterocycles. The van der Waals surface area contributed by atoms with Gasteiger partial charge in [-0.2, -0.15) is 0 Å². The van der Waals surface area contributed by atoms with Crippen molar-refractivity contribution >= 4 is 57.7 Å². The van der Waals surface area contributed by atoms with E-state index in [9.17, 15) is 9.90 Å². The molecule has 0 atom stereocenters. The number of aromatic nitrogens is 1. The number of fused-ring (bicyclic) bond motifs is 1. The Morgan fingerprint density at radius 2 is 1.67 bits per heavy atom. The maximum Gasteiger partial charge on any atom is 0.358 e. The molecule has 33 heavy (non-hydrogen) atoms. The summed E-state index contributed by atoms with van der Waals surface area (Å²) in [7, 11) is 1.34. The van der Waals surface area contributed by atoms with Crippen molar-refractivity contribution in [1.82, 2.24) is 4.57 Å². The summed E-state index contributed by atoms with van der Waals surface area (Å²) in [4.78, 5) is 16.6. The van der Waals surface area contributed by atoms with E-state index in [2.05, 4.69) is 49.6 Å². The Balaban J connectivity index is 2.16. The standard InChI is InChI=1S/C25H29ClN2O3S2/c1-15(2)32-25(33-16(3)4)21-19-12-8-9-13-20(19)28(23(21)26)14-17-10-6-7-11-18(17)22(24(29)30)27-31-5/h6-13,15-16,25H,14H2,1-5H3,(H,29,30). The van der Waals surface area contributed by atoms with Gasteiger partial charge in [-0.15, -0.1) is 23.5 Å². The molecule has 3 aromatic rings. The number of oxime groups is 1. The molecule has 0 saturated heterocycles. The lowest BCUT2D eigenvalue weighted by molar-refractivity contribution is -0.129. The van der Waals surface area contributed by atoms with Gasteiger partial charge in [0.1, 0.15) is 12.3 Å². The number of halogens is 1. The average molecular weight is 505 g/mol. The van der Waals surface area contributed by atoms with E-state index in [1.807, 2.05) is 47.8 Å². The third-order valence-electron chi connectivity index (χ3n) is 4.96. The third-order valence-corrected chi connectivity index (χ3v) is 8.09. The van der Waals surface area contributed by atoms with E-state index in [-0.39, 0.29) is 10.3 Å². The summed E-state index contributed by atoms with van der Waals surface area (Å²) in [6, 6.07) is 15.5. The minimum absolute atomic E-state index is 0.135. The van der Waals surface area contributed by atoms with Gasteiger partial charge in [-0.25, -0.2) is 4.79 Å². The fraction of sp³-hybridized carbons (Fsp3) is 0.360. The predicted octanol–water partition coefficient (Wildman–Crippen LogP) is 7.06. The van der Waals surface area contributed by atoms with Gasteiger partial charge < -0.3 is 14.5 Å². The van der Waals surface area contributed by atoms with Crippen molar-refractivity contribution in [2.75, 3.05) is 7.11 Å². The number of nitrogens with zero attached hydrogens (tertiary/aromatic N) is 2. The van der Waals surface area contributed by atoms with Gasteiger partial charge in [0.2, 0.25) is 0 Å². The fourth-order valence-electron chi connectivity index (χ4n) is 3.69. The normalized spacial score (nSPS) is 12.3. The second-order valence-electron chi connectivity index (χ2n) is 8.09. The van der Waals surface area contributed by atoms with Crippen LogP contribution in [0.25, 0.3) is 10.9 Å². The molecule has 1 N–H and O–H groups in total. The largest absolute Gasteiger partial charge is 0.476 e. The molecule has 5 nitrogen and oxygen atoms in total. The minimum atomic E-state index is -1.14. The van der Waals surface area contributed by atoms with Gasteiger partial charge in [-0.05, 0) is 11.6 Å². The minimum Gasteiger partial charge on any atom is -0.476 e. The van der Waals surface area contributed by atoms with Crippen LogP contribution >= 0.6 is 35.1 Å². The molecule has 2 aromatic carbocycles. The lowest BCUT2D eigenvalue weighted by atomic mass is 10.0. The van der Waals surface area contributed by atoms with Crippen molar-refractivity contribution < 1.29 is 14.7 Å². The molecule has 0 aliphatic heterocycles. The highest BCUT2D eigenvalue weighted by molar-refractivity contribution is 8.16. The number of aliphatic carboxylic acids is 1. The Morgan fingerprint density at radius 1 is 1.06 bits per heavy atom. The molecular formula is C25H29ClN2O3S2. The predicted molar refractivity (Wildman–Crippen MR) is 142 cm³/mol. The van der Waals surface area contributed by atoms with Crippen LogP contribution in [0.4, 0.5) is 0 Å². The van der Waals surface area contributed by atoms with E-state index in [1.165, 1.54) is 7.11 Å². The first kappa shape index (κ1) is 25.5. The molecule has 0 radical (unpaired) electrons. The molecule has 0 bridgehead atoms. The summed E-state index contributed by atoms with van der Waals surface area (Å²) in [6.07, 6.45) is 0. The van der Waals surface area contributed by atoms with Crippen LogP contribution in [0.1, 0.15) is 49.0 Å². The van der Waals surface area contributed by atoms with E-state index in [4.69, 9.17) is 16.4 Å². The first-order chi connectivity index (χ1) is 15.7. The summed E-state index contributed by atoms with van der Waals surface area (Å²) in [5, 5.41) is 16.1. The Bertz CT molecular complexity index is 1150. The number of hydrogen-bond donors (Lipinski definition) is 1. The highest BCUT2D eigenvalue weighted by Gasteiger charge is 2.26. The molecule has 0 amide bonds. The number of para-hydroxylation sites is 1. The van der Waals surface area contributed by atoms with Crippen molar-refractivity contribution in [3.63, 3.8) is 0 Å². The highest BCUT2D eigenvalue weighted by Crippen LogP contribution is 2.49. The van der Waals surface area contributed by atoms with Crippen molar-refractivity contribution in [2.24, 2.45) is 5.16 Å². The van der Waals surface area contributed by atoms with Crippen LogP contribution in [-0.2, 0) is 16.2 Å². The zero-order chi connectivity index (χ0) is 24.1. The number of benzene rings is 2. The second kappa shape index (κ2) is 11.4. The van der Waals surface area contributed by atoms with E-state index >= 15 is 0 Å². The van der Waals surface area contributed by atoms with E-state index in [1.54, 1.807) is 12.1 Å². The van der Waals surface area contributed by atoms with Gasteiger partial charge in [-0.1, -0.05) is 86.9 Å². The molecule has 176 valence electrons. The van der Waals surface area contributed by atoms with Gasteiger partial charge in [-0.3, -0.25) is 0 Å². The van der Waals surface area contributed by atoms with Crippen molar-refractivity contribution in [3.8, 4) is 0 Å². The summed E-state index contributed by atoms with van der Waals surface area (Å²) >= 11 is 10.9. The molecule has 0 saturated carbocycles. The molecule has 3 rings (SSSR count). The number of carbonyl (C=O) groups is 1. The van der Waals surface area contributed by atoms with Crippen molar-refractivity contribution in [2.45, 2.75) is 49.3 Å². The molecular weight excluding hydrogens is 476 g/mol. The smallest absolute Gasteiger partial charge is 0.358 e. The topological polar surface area (TPSA) is 63.8 Å². The molecule has 0 aliphatic carbocycles. The Morgan fingerprint density at radius 3 is 2.27 bits per heavy atom. The van der Waals surface area contributed by atoms with Crippen LogP contribution in [0.15, 0.2) is 53.7 Å². The van der Waals surface area contributed by atoms with E-state index < -0.39 is 5.97 Å². The maximum atomic E-state index is 11.8. The molecule has 0 fully saturated rings. The molecule has 0 spiro atoms. The van der Waals surface area contributed by atoms with Gasteiger partial charge in [0.25, 0.3) is 0 Å². The van der Waals surface area contributed by atoms with Gasteiger partial charge >= 0.3 is 5.97 Å². The second-order valence-corrected chi connectivity index (χ2v) is 12.1. The maximum absolute atomic E-state index is 11.8. The molecule has 0 unspecified atom stereocenters. The average Bonchev–Trinajstić information content (AvgIpc) is 3.03. The van der Waals surface area contributed by atoms with Crippen LogP contribution in [0.2, 0.25) is 5.15 Å². The highest BCUT2D eigenvalue weighted by atomic mass is 35.5. The summed E-state index contributed by atoms with van der Waals surface area (Å²) in [5.74, 6) is -1.14. The SMILES string of the molecule is CON=C(C(=O)O)c1ccccc1Cn1c(Cl)c(C(SC(C)C)SC(C)C)c2ccccc21. The number of carboxylic acid groups (broad SMARTS) is 1. The Hall–Kier alpha value is -2.09. The van der Waals surface area contributed by atoms with Crippen LogP contribution in [0, 0.1) is 0 Å². The van der Waals surface area contributed by atoms with Crippen LogP contribution < -0.4 is 0 Å². The zero-order valence-corrected chi connectivity index (χ0v) is 21.8. The van der Waals surface area contributed by atoms with E-state index in [0.717, 1.165) is 22.0 Å². The first-order valence-electron chi connectivity index (χ1n) is 10.7. The number of thioether (sulfide) groups is 2. The van der Waals surface area contributed by atoms with Gasteiger partial charge in [0.05, 0.1) is 4.58 Å². The summed E-state index contributed by atoms with van der Waals surface area (Å²) in [6.45, 7) is 9.21. The lowest BCUT2D eigenvalue weighted by Gasteiger charge is -2.21. The number of rotatable bonds is 10. The van der Waals surface area contributed by atoms with Crippen LogP contribution in [0.5, 0.6) is 0 Å². The van der Waals surface area contributed by atoms with Crippen molar-refractivity contribution in [3.05, 3.63) is 70.4 Å². The number of hydrogen-bond acceptors (Lipinski definition) is 5.